The SMILES string of the molecule is Cc1cc2ccccc2nc1NCCC1CCCCC1. The molecular formula is C18H24N2. The smallest absolute Gasteiger partial charge is 0.129 e. The van der Waals surface area contributed by atoms with Crippen molar-refractivity contribution >= 4 is 16.7 Å². The number of rotatable bonds is 4. The van der Waals surface area contributed by atoms with Crippen molar-refractivity contribution < 1.29 is 0 Å². The summed E-state index contributed by atoms with van der Waals surface area (Å²) in [7, 11) is 0. The lowest BCUT2D eigenvalue weighted by molar-refractivity contribution is 0.345. The molecule has 1 fully saturated rings. The van der Waals surface area contributed by atoms with Gasteiger partial charge in [0.2, 0.25) is 0 Å². The summed E-state index contributed by atoms with van der Waals surface area (Å²) in [6, 6.07) is 10.6. The van der Waals surface area contributed by atoms with Crippen LogP contribution in [0.25, 0.3) is 10.9 Å². The molecule has 2 nitrogen and oxygen atoms in total. The zero-order chi connectivity index (χ0) is 13.8. The quantitative estimate of drug-likeness (QED) is 0.850. The fourth-order valence-corrected chi connectivity index (χ4v) is 3.27. The minimum absolute atomic E-state index is 0.928. The minimum Gasteiger partial charge on any atom is -0.370 e. The fraction of sp³-hybridized carbons (Fsp3) is 0.500. The van der Waals surface area contributed by atoms with Crippen LogP contribution in [0.5, 0.6) is 0 Å². The molecule has 1 heterocycles. The maximum atomic E-state index is 4.75. The molecule has 1 N–H and O–H groups in total. The number of nitrogens with zero attached hydrogens (tertiary/aromatic N) is 1. The van der Waals surface area contributed by atoms with Gasteiger partial charge in [0.05, 0.1) is 5.52 Å². The predicted molar refractivity (Wildman–Crippen MR) is 86.2 cm³/mol. The van der Waals surface area contributed by atoms with Crippen molar-refractivity contribution in [2.75, 3.05) is 11.9 Å². The number of aryl methyl sites for hydroxylation is 1. The van der Waals surface area contributed by atoms with Crippen LogP contribution in [0.4, 0.5) is 5.82 Å². The van der Waals surface area contributed by atoms with E-state index in [4.69, 9.17) is 4.98 Å². The van der Waals surface area contributed by atoms with Crippen molar-refractivity contribution in [2.24, 2.45) is 5.92 Å². The van der Waals surface area contributed by atoms with E-state index in [0.29, 0.717) is 0 Å². The Bertz CT molecular complexity index is 571. The Morgan fingerprint density at radius 3 is 2.80 bits per heavy atom. The molecule has 2 heteroatoms. The predicted octanol–water partition coefficient (Wildman–Crippen LogP) is 4.93. The monoisotopic (exact) mass is 268 g/mol. The van der Waals surface area contributed by atoms with E-state index in [1.807, 2.05) is 0 Å². The van der Waals surface area contributed by atoms with Crippen molar-refractivity contribution in [3.05, 3.63) is 35.9 Å². The van der Waals surface area contributed by atoms with E-state index in [-0.39, 0.29) is 0 Å². The Morgan fingerprint density at radius 1 is 1.15 bits per heavy atom. The van der Waals surface area contributed by atoms with Gasteiger partial charge in [0.25, 0.3) is 0 Å². The van der Waals surface area contributed by atoms with E-state index in [1.54, 1.807) is 0 Å². The second-order valence-electron chi connectivity index (χ2n) is 6.07. The van der Waals surface area contributed by atoms with Crippen LogP contribution < -0.4 is 5.32 Å². The summed E-state index contributed by atoms with van der Waals surface area (Å²) in [4.78, 5) is 4.75. The summed E-state index contributed by atoms with van der Waals surface area (Å²) in [5.74, 6) is 1.98. The third kappa shape index (κ3) is 3.12. The standard InChI is InChI=1S/C18H24N2/c1-14-13-16-9-5-6-10-17(16)20-18(14)19-12-11-15-7-3-2-4-8-15/h5-6,9-10,13,15H,2-4,7-8,11-12H2,1H3,(H,19,20). The van der Waals surface area contributed by atoms with Crippen molar-refractivity contribution in [3.63, 3.8) is 0 Å². The Morgan fingerprint density at radius 2 is 1.95 bits per heavy atom. The Balaban J connectivity index is 1.63. The number of fused-ring (bicyclic) bond motifs is 1. The molecule has 0 radical (unpaired) electrons. The van der Waals surface area contributed by atoms with Crippen molar-refractivity contribution in [2.45, 2.75) is 45.4 Å². The molecule has 0 unspecified atom stereocenters. The number of anilines is 1. The number of pyridine rings is 1. The highest BCUT2D eigenvalue weighted by Gasteiger charge is 2.13. The molecule has 0 atom stereocenters. The summed E-state index contributed by atoms with van der Waals surface area (Å²) in [6.07, 6.45) is 8.43. The first kappa shape index (κ1) is 13.4. The maximum absolute atomic E-state index is 4.75. The number of nitrogens with one attached hydrogen (secondary N) is 1. The molecule has 1 aliphatic rings. The van der Waals surface area contributed by atoms with E-state index in [9.17, 15) is 0 Å². The first-order chi connectivity index (χ1) is 9.83. The van der Waals surface area contributed by atoms with Crippen LogP contribution in [0, 0.1) is 12.8 Å². The largest absolute Gasteiger partial charge is 0.370 e. The average Bonchev–Trinajstić information content (AvgIpc) is 2.49. The number of hydrogen-bond donors (Lipinski definition) is 1. The molecule has 0 amide bonds. The highest BCUT2D eigenvalue weighted by molar-refractivity contribution is 5.81. The lowest BCUT2D eigenvalue weighted by Crippen LogP contribution is -2.13. The van der Waals surface area contributed by atoms with E-state index in [0.717, 1.165) is 23.8 Å². The normalized spacial score (nSPS) is 16.4. The lowest BCUT2D eigenvalue weighted by atomic mass is 9.87. The molecule has 3 rings (SSSR count). The Kier molecular flexibility index (Phi) is 4.19. The van der Waals surface area contributed by atoms with Gasteiger partial charge >= 0.3 is 0 Å². The molecular weight excluding hydrogens is 244 g/mol. The molecule has 106 valence electrons. The minimum atomic E-state index is 0.928. The van der Waals surface area contributed by atoms with Crippen LogP contribution in [0.2, 0.25) is 0 Å². The molecule has 1 aromatic carbocycles. The molecule has 20 heavy (non-hydrogen) atoms. The molecule has 1 aromatic heterocycles. The van der Waals surface area contributed by atoms with Crippen LogP contribution in [0.15, 0.2) is 30.3 Å². The molecule has 0 aliphatic heterocycles. The van der Waals surface area contributed by atoms with Gasteiger partial charge in [-0.3, -0.25) is 0 Å². The summed E-state index contributed by atoms with van der Waals surface area (Å²) in [6.45, 7) is 3.19. The van der Waals surface area contributed by atoms with E-state index in [2.05, 4.69) is 42.6 Å². The first-order valence-corrected chi connectivity index (χ1v) is 7.93. The number of hydrogen-bond acceptors (Lipinski definition) is 2. The fourth-order valence-electron chi connectivity index (χ4n) is 3.27. The van der Waals surface area contributed by atoms with Gasteiger partial charge in [0.15, 0.2) is 0 Å². The number of aromatic nitrogens is 1. The maximum Gasteiger partial charge on any atom is 0.129 e. The van der Waals surface area contributed by atoms with Crippen LogP contribution in [0.1, 0.15) is 44.1 Å². The zero-order valence-corrected chi connectivity index (χ0v) is 12.4. The van der Waals surface area contributed by atoms with Gasteiger partial charge in [0, 0.05) is 11.9 Å². The number of benzene rings is 1. The summed E-state index contributed by atoms with van der Waals surface area (Å²) < 4.78 is 0. The van der Waals surface area contributed by atoms with Gasteiger partial charge in [-0.2, -0.15) is 0 Å². The van der Waals surface area contributed by atoms with E-state index < -0.39 is 0 Å². The molecule has 1 saturated carbocycles. The van der Waals surface area contributed by atoms with Crippen LogP contribution in [0.3, 0.4) is 0 Å². The second kappa shape index (κ2) is 6.25. The van der Waals surface area contributed by atoms with Crippen LogP contribution in [-0.4, -0.2) is 11.5 Å². The second-order valence-corrected chi connectivity index (χ2v) is 6.07. The van der Waals surface area contributed by atoms with Gasteiger partial charge < -0.3 is 5.32 Å². The first-order valence-electron chi connectivity index (χ1n) is 7.93. The molecule has 1 aliphatic carbocycles. The highest BCUT2D eigenvalue weighted by Crippen LogP contribution is 2.26. The third-order valence-corrected chi connectivity index (χ3v) is 4.48. The van der Waals surface area contributed by atoms with Gasteiger partial charge in [-0.05, 0) is 37.0 Å². The molecule has 2 aromatic rings. The zero-order valence-electron chi connectivity index (χ0n) is 12.4. The number of para-hydroxylation sites is 1. The van der Waals surface area contributed by atoms with Gasteiger partial charge in [-0.1, -0.05) is 50.3 Å². The highest BCUT2D eigenvalue weighted by atomic mass is 15.0. The van der Waals surface area contributed by atoms with Crippen molar-refractivity contribution in [3.8, 4) is 0 Å². The summed E-state index contributed by atoms with van der Waals surface area (Å²) >= 11 is 0. The van der Waals surface area contributed by atoms with Gasteiger partial charge in [-0.15, -0.1) is 0 Å². The topological polar surface area (TPSA) is 24.9 Å². The molecule has 0 spiro atoms. The third-order valence-electron chi connectivity index (χ3n) is 4.48. The summed E-state index contributed by atoms with van der Waals surface area (Å²) in [5, 5.41) is 4.77. The Hall–Kier alpha value is -1.57. The molecule has 0 bridgehead atoms. The van der Waals surface area contributed by atoms with Crippen molar-refractivity contribution in [1.82, 2.24) is 4.98 Å². The van der Waals surface area contributed by atoms with E-state index in [1.165, 1.54) is 49.5 Å². The summed E-state index contributed by atoms with van der Waals surface area (Å²) in [5.41, 5.74) is 2.32. The average molecular weight is 268 g/mol. The van der Waals surface area contributed by atoms with Gasteiger partial charge in [0.1, 0.15) is 5.82 Å². The lowest BCUT2D eigenvalue weighted by Gasteiger charge is -2.21. The molecule has 0 saturated heterocycles. The van der Waals surface area contributed by atoms with Crippen LogP contribution in [-0.2, 0) is 0 Å². The van der Waals surface area contributed by atoms with Gasteiger partial charge in [-0.25, -0.2) is 4.98 Å². The Labute approximate surface area is 121 Å². The van der Waals surface area contributed by atoms with Crippen LogP contribution >= 0.6 is 0 Å². The van der Waals surface area contributed by atoms with Crippen molar-refractivity contribution in [1.29, 1.82) is 0 Å². The van der Waals surface area contributed by atoms with E-state index >= 15 is 0 Å².